The second kappa shape index (κ2) is 25.0. The number of fused-ring (bicyclic) bond motifs is 1. The first-order valence-electron chi connectivity index (χ1n) is 23.3. The molecule has 2 unspecified atom stereocenters. The van der Waals surface area contributed by atoms with Crippen molar-refractivity contribution >= 4 is 40.4 Å². The summed E-state index contributed by atoms with van der Waals surface area (Å²) in [5.74, 6) is -0.514. The maximum atomic E-state index is 14.0. The predicted molar refractivity (Wildman–Crippen MR) is 251 cm³/mol. The van der Waals surface area contributed by atoms with E-state index in [0.717, 1.165) is 71.0 Å². The van der Waals surface area contributed by atoms with Crippen LogP contribution in [0.1, 0.15) is 89.6 Å². The topological polar surface area (TPSA) is 200 Å². The highest BCUT2D eigenvalue weighted by Gasteiger charge is 2.46. The van der Waals surface area contributed by atoms with Crippen LogP contribution in [-0.2, 0) is 46.3 Å². The molecule has 1 aromatic carbocycles. The van der Waals surface area contributed by atoms with E-state index in [1.165, 1.54) is 0 Å². The molecule has 356 valence electrons. The van der Waals surface area contributed by atoms with Crippen molar-refractivity contribution in [1.82, 2.24) is 35.5 Å². The van der Waals surface area contributed by atoms with Gasteiger partial charge in [0.25, 0.3) is 0 Å². The molecule has 0 aliphatic heterocycles. The van der Waals surface area contributed by atoms with Gasteiger partial charge < -0.3 is 45.3 Å². The van der Waals surface area contributed by atoms with Crippen LogP contribution >= 0.6 is 11.3 Å². The predicted octanol–water partition coefficient (Wildman–Crippen LogP) is 5.30. The monoisotopic (exact) mass is 919 g/mol. The lowest BCUT2D eigenvalue weighted by molar-refractivity contribution is -0.135. The third kappa shape index (κ3) is 15.1. The third-order valence-electron chi connectivity index (χ3n) is 12.1. The summed E-state index contributed by atoms with van der Waals surface area (Å²) in [5.41, 5.74) is 6.34. The van der Waals surface area contributed by atoms with E-state index in [0.29, 0.717) is 72.4 Å². The lowest BCUT2D eigenvalue weighted by Gasteiger charge is -2.33. The molecule has 17 heteroatoms. The number of thiazole rings is 1. The van der Waals surface area contributed by atoms with Crippen molar-refractivity contribution in [3.05, 3.63) is 65.1 Å². The number of Topliss-reactive ketones (excluding diaryl/α,β-unsaturated/α-hetero) is 1. The number of hydrogen-bond donors (Lipinski definition) is 5. The minimum absolute atomic E-state index is 0.00824. The fourth-order valence-electron chi connectivity index (χ4n) is 8.74. The van der Waals surface area contributed by atoms with Crippen LogP contribution in [0.3, 0.4) is 0 Å². The van der Waals surface area contributed by atoms with Crippen molar-refractivity contribution in [2.24, 2.45) is 17.3 Å². The van der Waals surface area contributed by atoms with Crippen LogP contribution in [0.5, 0.6) is 0 Å². The fraction of sp³-hybridized carbons (Fsp3) is 0.625. The molecule has 0 radical (unpaired) electrons. The van der Waals surface area contributed by atoms with Crippen molar-refractivity contribution in [2.75, 3.05) is 64.7 Å². The van der Waals surface area contributed by atoms with Crippen LogP contribution in [0.25, 0.3) is 16.1 Å². The van der Waals surface area contributed by atoms with Gasteiger partial charge in [-0.15, -0.1) is 11.3 Å². The molecule has 16 nitrogen and oxygen atoms in total. The molecule has 6 rings (SSSR count). The molecule has 6 atom stereocenters. The Morgan fingerprint density at radius 3 is 2.25 bits per heavy atom. The summed E-state index contributed by atoms with van der Waals surface area (Å²) < 4.78 is 24.5. The number of carbonyl (C=O) groups is 3. The number of aromatic nitrogens is 4. The Bertz CT molecular complexity index is 2110. The molecule has 3 aromatic heterocycles. The molecule has 2 saturated carbocycles. The summed E-state index contributed by atoms with van der Waals surface area (Å²) in [6.07, 6.45) is 6.57. The summed E-state index contributed by atoms with van der Waals surface area (Å²) in [6, 6.07) is 11.9. The Hall–Kier alpha value is -4.36. The second-order valence-corrected chi connectivity index (χ2v) is 19.1. The number of ether oxygens (including phenoxy) is 4. The van der Waals surface area contributed by atoms with Gasteiger partial charge in [-0.1, -0.05) is 58.4 Å². The van der Waals surface area contributed by atoms with E-state index in [4.69, 9.17) is 18.9 Å². The third-order valence-corrected chi connectivity index (χ3v) is 13.0. The largest absolute Gasteiger partial charge is 0.393 e. The first-order valence-corrected chi connectivity index (χ1v) is 24.2. The van der Waals surface area contributed by atoms with Crippen molar-refractivity contribution in [3.63, 3.8) is 0 Å². The van der Waals surface area contributed by atoms with Gasteiger partial charge in [0.15, 0.2) is 11.4 Å². The van der Waals surface area contributed by atoms with E-state index >= 15 is 0 Å². The summed E-state index contributed by atoms with van der Waals surface area (Å²) in [5, 5.41) is 28.2. The van der Waals surface area contributed by atoms with Crippen LogP contribution in [-0.4, -0.2) is 126 Å². The first-order chi connectivity index (χ1) is 31.4. The number of ketones is 1. The normalized spacial score (nSPS) is 20.3. The van der Waals surface area contributed by atoms with E-state index in [-0.39, 0.29) is 42.5 Å². The van der Waals surface area contributed by atoms with Gasteiger partial charge in [0.2, 0.25) is 11.8 Å². The van der Waals surface area contributed by atoms with Gasteiger partial charge in [-0.3, -0.25) is 14.4 Å². The molecule has 0 bridgehead atoms. The van der Waals surface area contributed by atoms with Crippen molar-refractivity contribution < 1.29 is 38.4 Å². The minimum atomic E-state index is -0.705. The summed E-state index contributed by atoms with van der Waals surface area (Å²) in [6.45, 7) is 14.1. The highest BCUT2D eigenvalue weighted by molar-refractivity contribution is 7.13. The van der Waals surface area contributed by atoms with Gasteiger partial charge in [-0.05, 0) is 62.0 Å². The molecular formula is C48H70N8O8S. The Labute approximate surface area is 387 Å². The van der Waals surface area contributed by atoms with Gasteiger partial charge in [-0.2, -0.15) is 9.61 Å². The molecule has 5 N–H and O–H groups in total. The Morgan fingerprint density at radius 2 is 1.57 bits per heavy atom. The second-order valence-electron chi connectivity index (χ2n) is 18.3. The van der Waals surface area contributed by atoms with Gasteiger partial charge in [0.1, 0.15) is 5.82 Å². The maximum absolute atomic E-state index is 14.0. The van der Waals surface area contributed by atoms with E-state index in [1.54, 1.807) is 17.5 Å². The number of aliphatic hydroxyl groups excluding tert-OH is 1. The average molecular weight is 919 g/mol. The van der Waals surface area contributed by atoms with E-state index in [1.807, 2.05) is 68.1 Å². The van der Waals surface area contributed by atoms with Crippen molar-refractivity contribution in [1.29, 1.82) is 0 Å². The number of amides is 2. The smallest absolute Gasteiger partial charge is 0.224 e. The van der Waals surface area contributed by atoms with E-state index in [2.05, 4.69) is 49.3 Å². The Morgan fingerprint density at radius 1 is 0.892 bits per heavy atom. The number of hydrogen-bond acceptors (Lipinski definition) is 14. The molecule has 2 aliphatic carbocycles. The average Bonchev–Trinajstić information content (AvgIpc) is 4.11. The summed E-state index contributed by atoms with van der Waals surface area (Å²) in [4.78, 5) is 50.1. The molecule has 4 aromatic rings. The van der Waals surface area contributed by atoms with Crippen LogP contribution < -0.4 is 21.3 Å². The van der Waals surface area contributed by atoms with Crippen molar-refractivity contribution in [3.8, 4) is 10.4 Å². The number of nitrogens with zero attached hydrogens (tertiary/aromatic N) is 4. The van der Waals surface area contributed by atoms with Crippen LogP contribution in [0, 0.1) is 24.2 Å². The highest BCUT2D eigenvalue weighted by atomic mass is 32.1. The quantitative estimate of drug-likeness (QED) is 0.0484. The zero-order valence-electron chi connectivity index (χ0n) is 38.8. The molecule has 0 spiro atoms. The van der Waals surface area contributed by atoms with E-state index < -0.39 is 29.4 Å². The van der Waals surface area contributed by atoms with Crippen molar-refractivity contribution in [2.45, 2.75) is 117 Å². The summed E-state index contributed by atoms with van der Waals surface area (Å²) in [7, 11) is 0. The number of anilines is 1. The molecule has 65 heavy (non-hydrogen) atoms. The molecular weight excluding hydrogens is 849 g/mol. The molecule has 2 fully saturated rings. The first kappa shape index (κ1) is 50.1. The van der Waals surface area contributed by atoms with Crippen LogP contribution in [0.15, 0.2) is 48.1 Å². The lowest BCUT2D eigenvalue weighted by Crippen LogP contribution is -2.51. The van der Waals surface area contributed by atoms with Gasteiger partial charge in [0.05, 0.1) is 93.2 Å². The van der Waals surface area contributed by atoms with Gasteiger partial charge in [-0.25, -0.2) is 9.97 Å². The number of rotatable bonds is 27. The minimum Gasteiger partial charge on any atom is -0.393 e. The van der Waals surface area contributed by atoms with Gasteiger partial charge >= 0.3 is 0 Å². The highest BCUT2D eigenvalue weighted by Crippen LogP contribution is 2.37. The number of benzene rings is 1. The Kier molecular flexibility index (Phi) is 19.2. The number of carbonyl (C=O) groups excluding carboxylic acids is 3. The van der Waals surface area contributed by atoms with E-state index in [9.17, 15) is 19.5 Å². The number of aryl methyl sites for hydroxylation is 2. The zero-order valence-corrected chi connectivity index (χ0v) is 39.6. The fourth-order valence-corrected chi connectivity index (χ4v) is 9.55. The summed E-state index contributed by atoms with van der Waals surface area (Å²) >= 11 is 1.60. The van der Waals surface area contributed by atoms with Crippen LogP contribution in [0.4, 0.5) is 5.82 Å². The molecule has 0 saturated heterocycles. The van der Waals surface area contributed by atoms with Crippen LogP contribution in [0.2, 0.25) is 0 Å². The lowest BCUT2D eigenvalue weighted by atomic mass is 9.77. The standard InChI is InChI=1S/C48H70N8O8S/c1-6-7-35-27-42(56-41(53-35)14-16-52-56)54-36-12-13-37(26-36)55-43(58)15-18-61-20-22-63-24-25-64-23-21-62-19-17-49-46(48(3,4)5)44(59)39-28-38(57)29-40(39)47(60)50-30-33-8-10-34(11-9-33)45-32(2)51-31-65-45/h8-11,14,16,27,31,36-40,46,49,54,57H,6-7,12-13,15,17-26,28-30H2,1-5H3,(H,50,60)(H,55,58)/t36-,37?,38+,39?,40-,46-/m1/s1. The molecule has 3 heterocycles. The number of nitrogens with one attached hydrogen (secondary N) is 4. The Balaban J connectivity index is 0.770. The number of aliphatic hydroxyl groups is 1. The molecule has 2 aliphatic rings. The molecule has 2 amide bonds. The zero-order chi connectivity index (χ0) is 46.2. The SMILES string of the molecule is CCCc1cc(N[C@@H]2CCC(NC(=O)CCOCCOCCOCCOCCN[C@H](C(=O)C3C[C@H](O)C[C@H]3C(=O)NCc3ccc(-c4scnc4C)cc3)C(C)(C)C)C2)n2nccc2n1. The van der Waals surface area contributed by atoms with Gasteiger partial charge in [0, 0.05) is 55.3 Å². The maximum Gasteiger partial charge on any atom is 0.224 e.